The molecule has 12 heteroatoms. The van der Waals surface area contributed by atoms with Crippen LogP contribution in [0.4, 0.5) is 10.1 Å². The third-order valence-corrected chi connectivity index (χ3v) is 9.80. The summed E-state index contributed by atoms with van der Waals surface area (Å²) in [5.41, 5.74) is 1.12. The molecule has 4 aromatic rings. The number of benzene rings is 4. The molecule has 0 aromatic heterocycles. The lowest BCUT2D eigenvalue weighted by Crippen LogP contribution is -2.53. The van der Waals surface area contributed by atoms with Crippen LogP contribution in [0.1, 0.15) is 24.5 Å². The molecule has 236 valence electrons. The van der Waals surface area contributed by atoms with E-state index in [0.29, 0.717) is 18.5 Å². The molecule has 2 amide bonds. The second-order valence-electron chi connectivity index (χ2n) is 10.1. The maximum absolute atomic E-state index is 14.4. The number of nitrogens with one attached hydrogen (secondary N) is 1. The minimum atomic E-state index is -4.37. The van der Waals surface area contributed by atoms with E-state index in [1.165, 1.54) is 23.1 Å². The number of carbonyl (C=O) groups excluding carboxylic acids is 2. The predicted octanol–water partition coefficient (Wildman–Crippen LogP) is 7.15. The smallest absolute Gasteiger partial charge is 0.264 e. The Kier molecular flexibility index (Phi) is 11.9. The fourth-order valence-corrected chi connectivity index (χ4v) is 6.78. The largest absolute Gasteiger partial charge is 0.354 e. The lowest BCUT2D eigenvalue weighted by molar-refractivity contribution is -0.140. The van der Waals surface area contributed by atoms with E-state index in [2.05, 4.69) is 5.32 Å². The summed E-state index contributed by atoms with van der Waals surface area (Å²) in [6, 6.07) is 23.8. The standard InChI is InChI=1S/C33H31Cl3FN3O4S/c1-2-18-38-33(42)31(19-23-10-5-3-6-11-23)39(21-26-27(34)14-9-15-28(26)35)32(41)22-40(24-16-17-30(37)29(36)20-24)45(43,44)25-12-7-4-8-13-25/h3-17,20,31H,2,18-19,21-22H2,1H3,(H,38,42). The summed E-state index contributed by atoms with van der Waals surface area (Å²) < 4.78 is 43.0. The minimum absolute atomic E-state index is 0.0376. The van der Waals surface area contributed by atoms with Gasteiger partial charge in [0.25, 0.3) is 10.0 Å². The fraction of sp³-hybridized carbons (Fsp3) is 0.212. The van der Waals surface area contributed by atoms with Gasteiger partial charge in [0.15, 0.2) is 0 Å². The molecule has 1 unspecified atom stereocenters. The molecule has 0 saturated heterocycles. The summed E-state index contributed by atoms with van der Waals surface area (Å²) in [4.78, 5) is 29.3. The van der Waals surface area contributed by atoms with Gasteiger partial charge in [-0.3, -0.25) is 13.9 Å². The van der Waals surface area contributed by atoms with Gasteiger partial charge in [0.2, 0.25) is 11.8 Å². The highest BCUT2D eigenvalue weighted by molar-refractivity contribution is 7.92. The third kappa shape index (κ3) is 8.55. The first-order valence-electron chi connectivity index (χ1n) is 14.1. The Morgan fingerprint density at radius 1 is 0.844 bits per heavy atom. The van der Waals surface area contributed by atoms with Crippen LogP contribution in [0.25, 0.3) is 0 Å². The Balaban J connectivity index is 1.84. The van der Waals surface area contributed by atoms with Gasteiger partial charge in [-0.15, -0.1) is 0 Å². The molecule has 4 rings (SSSR count). The van der Waals surface area contributed by atoms with Crippen LogP contribution in [0.3, 0.4) is 0 Å². The highest BCUT2D eigenvalue weighted by Crippen LogP contribution is 2.30. The summed E-state index contributed by atoms with van der Waals surface area (Å²) in [6.45, 7) is 1.33. The number of anilines is 1. The second-order valence-corrected chi connectivity index (χ2v) is 13.2. The van der Waals surface area contributed by atoms with Crippen molar-refractivity contribution in [2.45, 2.75) is 37.2 Å². The maximum atomic E-state index is 14.4. The first kappa shape index (κ1) is 34.2. The number of hydrogen-bond donors (Lipinski definition) is 1. The van der Waals surface area contributed by atoms with Crippen LogP contribution in [0.5, 0.6) is 0 Å². The molecule has 0 spiro atoms. The summed E-state index contributed by atoms with van der Waals surface area (Å²) in [5.74, 6) is -1.91. The normalized spacial score (nSPS) is 11.9. The van der Waals surface area contributed by atoms with Gasteiger partial charge in [0.05, 0.1) is 15.6 Å². The monoisotopic (exact) mass is 689 g/mol. The Hall–Kier alpha value is -3.63. The van der Waals surface area contributed by atoms with E-state index in [9.17, 15) is 22.4 Å². The van der Waals surface area contributed by atoms with Crippen LogP contribution in [-0.2, 0) is 32.6 Å². The first-order valence-corrected chi connectivity index (χ1v) is 16.7. The van der Waals surface area contributed by atoms with Crippen molar-refractivity contribution in [2.24, 2.45) is 0 Å². The van der Waals surface area contributed by atoms with E-state index >= 15 is 0 Å². The summed E-state index contributed by atoms with van der Waals surface area (Å²) in [7, 11) is -4.37. The molecule has 7 nitrogen and oxygen atoms in total. The van der Waals surface area contributed by atoms with Crippen molar-refractivity contribution in [2.75, 3.05) is 17.4 Å². The molecule has 0 aliphatic carbocycles. The molecule has 0 heterocycles. The number of sulfonamides is 1. The molecular weight excluding hydrogens is 660 g/mol. The van der Waals surface area contributed by atoms with Crippen LogP contribution < -0.4 is 9.62 Å². The number of nitrogens with zero attached hydrogens (tertiary/aromatic N) is 2. The van der Waals surface area contributed by atoms with Crippen molar-refractivity contribution in [1.82, 2.24) is 10.2 Å². The summed E-state index contributed by atoms with van der Waals surface area (Å²) in [6.07, 6.45) is 0.778. The zero-order chi connectivity index (χ0) is 32.6. The van der Waals surface area contributed by atoms with Crippen LogP contribution in [0, 0.1) is 5.82 Å². The van der Waals surface area contributed by atoms with Gasteiger partial charge in [-0.05, 0) is 54.4 Å². The molecule has 0 bridgehead atoms. The van der Waals surface area contributed by atoms with Gasteiger partial charge >= 0.3 is 0 Å². The van der Waals surface area contributed by atoms with Gasteiger partial charge < -0.3 is 10.2 Å². The minimum Gasteiger partial charge on any atom is -0.354 e. The van der Waals surface area contributed by atoms with E-state index in [4.69, 9.17) is 34.8 Å². The van der Waals surface area contributed by atoms with Crippen LogP contribution in [0.2, 0.25) is 15.1 Å². The first-order chi connectivity index (χ1) is 21.5. The van der Waals surface area contributed by atoms with E-state index in [-0.39, 0.29) is 38.6 Å². The van der Waals surface area contributed by atoms with Crippen molar-refractivity contribution in [3.63, 3.8) is 0 Å². The molecule has 0 aliphatic heterocycles. The maximum Gasteiger partial charge on any atom is 0.264 e. The topological polar surface area (TPSA) is 86.8 Å². The molecule has 4 aromatic carbocycles. The molecular formula is C33H31Cl3FN3O4S. The van der Waals surface area contributed by atoms with Crippen LogP contribution in [-0.4, -0.2) is 44.3 Å². The molecule has 1 atom stereocenters. The average Bonchev–Trinajstić information content (AvgIpc) is 3.03. The van der Waals surface area contributed by atoms with Gasteiger partial charge in [-0.25, -0.2) is 12.8 Å². The van der Waals surface area contributed by atoms with Crippen LogP contribution >= 0.6 is 34.8 Å². The highest BCUT2D eigenvalue weighted by Gasteiger charge is 2.35. The number of rotatable bonds is 13. The van der Waals surface area contributed by atoms with E-state index in [1.807, 2.05) is 37.3 Å². The summed E-state index contributed by atoms with van der Waals surface area (Å²) >= 11 is 19.1. The molecule has 45 heavy (non-hydrogen) atoms. The van der Waals surface area contributed by atoms with Crippen molar-refractivity contribution >= 4 is 62.3 Å². The van der Waals surface area contributed by atoms with Crippen molar-refractivity contribution in [3.8, 4) is 0 Å². The predicted molar refractivity (Wildman–Crippen MR) is 177 cm³/mol. The number of hydrogen-bond acceptors (Lipinski definition) is 4. The quantitative estimate of drug-likeness (QED) is 0.162. The second kappa shape index (κ2) is 15.6. The lowest BCUT2D eigenvalue weighted by atomic mass is 10.0. The Morgan fingerprint density at radius 3 is 2.07 bits per heavy atom. The molecule has 0 fully saturated rings. The van der Waals surface area contributed by atoms with Crippen molar-refractivity contribution in [3.05, 3.63) is 129 Å². The molecule has 1 N–H and O–H groups in total. The number of carbonyl (C=O) groups is 2. The molecule has 0 saturated carbocycles. The van der Waals surface area contributed by atoms with E-state index in [0.717, 1.165) is 22.0 Å². The van der Waals surface area contributed by atoms with E-state index in [1.54, 1.807) is 36.4 Å². The summed E-state index contributed by atoms with van der Waals surface area (Å²) in [5, 5.41) is 3.08. The zero-order valence-electron chi connectivity index (χ0n) is 24.3. The van der Waals surface area contributed by atoms with E-state index < -0.39 is 40.2 Å². The van der Waals surface area contributed by atoms with Gasteiger partial charge in [0, 0.05) is 35.1 Å². The highest BCUT2D eigenvalue weighted by atomic mass is 35.5. The Labute approximate surface area is 277 Å². The van der Waals surface area contributed by atoms with Crippen molar-refractivity contribution < 1.29 is 22.4 Å². The van der Waals surface area contributed by atoms with Gasteiger partial charge in [0.1, 0.15) is 18.4 Å². The Bertz CT molecular complexity index is 1720. The Morgan fingerprint density at radius 2 is 1.47 bits per heavy atom. The molecule has 0 aliphatic rings. The zero-order valence-corrected chi connectivity index (χ0v) is 27.4. The van der Waals surface area contributed by atoms with Gasteiger partial charge in [-0.1, -0.05) is 96.3 Å². The third-order valence-electron chi connectivity index (χ3n) is 7.01. The van der Waals surface area contributed by atoms with Crippen LogP contribution in [0.15, 0.2) is 102 Å². The SMILES string of the molecule is CCCNC(=O)C(Cc1ccccc1)N(Cc1c(Cl)cccc1Cl)C(=O)CN(c1ccc(F)c(Cl)c1)S(=O)(=O)c1ccccc1. The van der Waals surface area contributed by atoms with Crippen molar-refractivity contribution in [1.29, 1.82) is 0 Å². The molecule has 0 radical (unpaired) electrons. The fourth-order valence-electron chi connectivity index (χ4n) is 4.66. The number of amides is 2. The average molecular weight is 691 g/mol. The van der Waals surface area contributed by atoms with Gasteiger partial charge in [-0.2, -0.15) is 0 Å². The lowest BCUT2D eigenvalue weighted by Gasteiger charge is -2.34. The number of halogens is 4.